The summed E-state index contributed by atoms with van der Waals surface area (Å²) in [6.45, 7) is 3.47. The number of carbonyl (C=O) groups is 1. The maximum atomic E-state index is 12.7. The Balaban J connectivity index is 1.36. The number of likely N-dealkylation sites (tertiary alicyclic amines) is 1. The number of anilines is 1. The predicted octanol–water partition coefficient (Wildman–Crippen LogP) is 1.97. The summed E-state index contributed by atoms with van der Waals surface area (Å²) in [5, 5.41) is 0. The molecule has 3 fully saturated rings. The molecule has 0 bridgehead atoms. The van der Waals surface area contributed by atoms with E-state index in [0.29, 0.717) is 36.1 Å². The van der Waals surface area contributed by atoms with E-state index in [2.05, 4.69) is 26.8 Å². The van der Waals surface area contributed by atoms with Gasteiger partial charge in [-0.1, -0.05) is 0 Å². The van der Waals surface area contributed by atoms with Crippen LogP contribution in [0.15, 0.2) is 18.6 Å². The largest absolute Gasteiger partial charge is 0.381 e. The summed E-state index contributed by atoms with van der Waals surface area (Å²) in [4.78, 5) is 25.8. The van der Waals surface area contributed by atoms with E-state index in [-0.39, 0.29) is 0 Å². The number of nitrogens with zero attached hydrogens (tertiary/aromatic N) is 4. The van der Waals surface area contributed by atoms with Gasteiger partial charge in [0, 0.05) is 64.1 Å². The van der Waals surface area contributed by atoms with E-state index in [1.807, 2.05) is 6.20 Å². The van der Waals surface area contributed by atoms with E-state index in [4.69, 9.17) is 4.74 Å². The second-order valence-electron chi connectivity index (χ2n) is 7.80. The summed E-state index contributed by atoms with van der Waals surface area (Å²) in [6, 6.07) is 0.461. The third kappa shape index (κ3) is 3.50. The molecule has 0 unspecified atom stereocenters. The van der Waals surface area contributed by atoms with Gasteiger partial charge in [-0.25, -0.2) is 4.98 Å². The number of ether oxygens (including phenoxy) is 1. The van der Waals surface area contributed by atoms with Crippen LogP contribution in [-0.4, -0.2) is 60.2 Å². The molecule has 0 spiro atoms. The van der Waals surface area contributed by atoms with Crippen LogP contribution in [0.25, 0.3) is 0 Å². The zero-order valence-corrected chi connectivity index (χ0v) is 15.0. The number of hydrogen-bond acceptors (Lipinski definition) is 5. The summed E-state index contributed by atoms with van der Waals surface area (Å²) in [5.41, 5.74) is 0. The molecule has 1 aromatic rings. The fraction of sp³-hybridized carbons (Fsp3) is 0.737. The Kier molecular flexibility index (Phi) is 4.88. The van der Waals surface area contributed by atoms with Crippen molar-refractivity contribution in [2.24, 2.45) is 17.8 Å². The fourth-order valence-electron chi connectivity index (χ4n) is 4.89. The number of aromatic nitrogens is 2. The average molecular weight is 344 g/mol. The smallest absolute Gasteiger partial charge is 0.222 e. The minimum Gasteiger partial charge on any atom is -0.381 e. The Morgan fingerprint density at radius 1 is 1.24 bits per heavy atom. The Morgan fingerprint density at radius 2 is 2.08 bits per heavy atom. The first-order valence-corrected chi connectivity index (χ1v) is 9.56. The van der Waals surface area contributed by atoms with Crippen LogP contribution < -0.4 is 4.90 Å². The molecule has 0 aromatic carbocycles. The first-order chi connectivity index (χ1) is 12.2. The maximum absolute atomic E-state index is 12.7. The molecule has 0 N–H and O–H groups in total. The predicted molar refractivity (Wildman–Crippen MR) is 95.2 cm³/mol. The lowest BCUT2D eigenvalue weighted by molar-refractivity contribution is -0.132. The van der Waals surface area contributed by atoms with Gasteiger partial charge in [-0.15, -0.1) is 0 Å². The van der Waals surface area contributed by atoms with Crippen molar-refractivity contribution in [3.05, 3.63) is 18.6 Å². The van der Waals surface area contributed by atoms with Crippen LogP contribution in [0, 0.1) is 17.8 Å². The third-order valence-corrected chi connectivity index (χ3v) is 6.38. The van der Waals surface area contributed by atoms with Gasteiger partial charge in [-0.05, 0) is 37.5 Å². The molecule has 3 heterocycles. The lowest BCUT2D eigenvalue weighted by Crippen LogP contribution is -2.39. The SMILES string of the molecule is CN(c1cnccn1)[C@@H]1CC[C@@H]2CN(C(=O)CC3CCOCC3)C[C@@H]21. The van der Waals surface area contributed by atoms with Crippen molar-refractivity contribution in [2.45, 2.75) is 38.1 Å². The molecule has 1 saturated carbocycles. The first-order valence-electron chi connectivity index (χ1n) is 9.56. The van der Waals surface area contributed by atoms with Gasteiger partial charge in [-0.2, -0.15) is 0 Å². The molecule has 2 aliphatic heterocycles. The van der Waals surface area contributed by atoms with E-state index in [0.717, 1.165) is 45.0 Å². The Bertz CT molecular complexity index is 590. The first kappa shape index (κ1) is 16.8. The lowest BCUT2D eigenvalue weighted by atomic mass is 9.96. The van der Waals surface area contributed by atoms with Crippen molar-refractivity contribution in [3.63, 3.8) is 0 Å². The third-order valence-electron chi connectivity index (χ3n) is 6.38. The minimum atomic E-state index is 0.349. The van der Waals surface area contributed by atoms with Crippen molar-refractivity contribution in [1.29, 1.82) is 0 Å². The molecule has 3 atom stereocenters. The van der Waals surface area contributed by atoms with E-state index < -0.39 is 0 Å². The standard InChI is InChI=1S/C19H28N4O2/c1-22(18-11-20-6-7-21-18)17-3-2-15-12-23(13-16(15)17)19(24)10-14-4-8-25-9-5-14/h6-7,11,14-17H,2-5,8-10,12-13H2,1H3/t15-,16+,17-/m1/s1. The molecule has 25 heavy (non-hydrogen) atoms. The van der Waals surface area contributed by atoms with Crippen molar-refractivity contribution in [1.82, 2.24) is 14.9 Å². The average Bonchev–Trinajstić information content (AvgIpc) is 3.23. The topological polar surface area (TPSA) is 58.6 Å². The van der Waals surface area contributed by atoms with Gasteiger partial charge in [0.25, 0.3) is 0 Å². The highest BCUT2D eigenvalue weighted by Crippen LogP contribution is 2.41. The van der Waals surface area contributed by atoms with Crippen LogP contribution in [0.2, 0.25) is 0 Å². The van der Waals surface area contributed by atoms with E-state index in [1.165, 1.54) is 12.8 Å². The normalized spacial score (nSPS) is 29.6. The van der Waals surface area contributed by atoms with E-state index in [9.17, 15) is 4.79 Å². The molecule has 2 saturated heterocycles. The number of fused-ring (bicyclic) bond motifs is 1. The fourth-order valence-corrected chi connectivity index (χ4v) is 4.89. The summed E-state index contributed by atoms with van der Waals surface area (Å²) >= 11 is 0. The number of hydrogen-bond donors (Lipinski definition) is 0. The molecule has 6 nitrogen and oxygen atoms in total. The minimum absolute atomic E-state index is 0.349. The molecule has 0 radical (unpaired) electrons. The van der Waals surface area contributed by atoms with Crippen molar-refractivity contribution in [3.8, 4) is 0 Å². The van der Waals surface area contributed by atoms with E-state index in [1.54, 1.807) is 12.4 Å². The van der Waals surface area contributed by atoms with Gasteiger partial charge >= 0.3 is 0 Å². The molecule has 1 amide bonds. The molecular weight excluding hydrogens is 316 g/mol. The molecule has 6 heteroatoms. The second-order valence-corrected chi connectivity index (χ2v) is 7.80. The number of amides is 1. The van der Waals surface area contributed by atoms with Crippen LogP contribution in [0.3, 0.4) is 0 Å². The maximum Gasteiger partial charge on any atom is 0.222 e. The molecule has 136 valence electrons. The quantitative estimate of drug-likeness (QED) is 0.836. The summed E-state index contributed by atoms with van der Waals surface area (Å²) in [6.07, 6.45) is 10.4. The van der Waals surface area contributed by atoms with Gasteiger partial charge in [0.1, 0.15) is 5.82 Å². The number of carbonyl (C=O) groups excluding carboxylic acids is 1. The van der Waals surface area contributed by atoms with Crippen LogP contribution in [0.1, 0.15) is 32.1 Å². The highest BCUT2D eigenvalue weighted by molar-refractivity contribution is 5.76. The molecular formula is C19H28N4O2. The van der Waals surface area contributed by atoms with Gasteiger partial charge < -0.3 is 14.5 Å². The van der Waals surface area contributed by atoms with Gasteiger partial charge in [0.05, 0.1) is 6.20 Å². The van der Waals surface area contributed by atoms with Crippen LogP contribution in [-0.2, 0) is 9.53 Å². The Morgan fingerprint density at radius 3 is 2.84 bits per heavy atom. The lowest BCUT2D eigenvalue weighted by Gasteiger charge is -2.30. The zero-order chi connectivity index (χ0) is 17.2. The molecule has 4 rings (SSSR count). The Hall–Kier alpha value is -1.69. The van der Waals surface area contributed by atoms with Crippen molar-refractivity contribution in [2.75, 3.05) is 38.3 Å². The van der Waals surface area contributed by atoms with E-state index >= 15 is 0 Å². The highest BCUT2D eigenvalue weighted by atomic mass is 16.5. The number of rotatable bonds is 4. The van der Waals surface area contributed by atoms with Gasteiger partial charge in [0.2, 0.25) is 5.91 Å². The molecule has 3 aliphatic rings. The molecule has 1 aromatic heterocycles. The van der Waals surface area contributed by atoms with Crippen LogP contribution in [0.4, 0.5) is 5.82 Å². The van der Waals surface area contributed by atoms with Gasteiger partial charge in [-0.3, -0.25) is 9.78 Å². The molecule has 1 aliphatic carbocycles. The zero-order valence-electron chi connectivity index (χ0n) is 15.0. The second kappa shape index (κ2) is 7.28. The monoisotopic (exact) mass is 344 g/mol. The van der Waals surface area contributed by atoms with Gasteiger partial charge in [0.15, 0.2) is 0 Å². The van der Waals surface area contributed by atoms with Crippen molar-refractivity contribution >= 4 is 11.7 Å². The van der Waals surface area contributed by atoms with Crippen molar-refractivity contribution < 1.29 is 9.53 Å². The van der Waals surface area contributed by atoms with Crippen LogP contribution in [0.5, 0.6) is 0 Å². The highest BCUT2D eigenvalue weighted by Gasteiger charge is 2.45. The van der Waals surface area contributed by atoms with Crippen LogP contribution >= 0.6 is 0 Å². The summed E-state index contributed by atoms with van der Waals surface area (Å²) in [5.74, 6) is 3.00. The summed E-state index contributed by atoms with van der Waals surface area (Å²) < 4.78 is 5.41. The Labute approximate surface area is 149 Å². The summed E-state index contributed by atoms with van der Waals surface area (Å²) in [7, 11) is 2.11.